The van der Waals surface area contributed by atoms with Crippen LogP contribution < -0.4 is 27.6 Å². The zero-order valence-corrected chi connectivity index (χ0v) is 16.7. The van der Waals surface area contributed by atoms with E-state index in [1.807, 2.05) is 0 Å². The van der Waals surface area contributed by atoms with Gasteiger partial charge in [-0.15, -0.1) is 0 Å². The third kappa shape index (κ3) is 4.00. The highest BCUT2D eigenvalue weighted by Gasteiger charge is 2.25. The zero-order chi connectivity index (χ0) is 21.5. The molecular formula is C19H23N9O3. The molecule has 0 spiro atoms. The second-order valence-corrected chi connectivity index (χ2v) is 8.12. The molecule has 31 heavy (non-hydrogen) atoms. The van der Waals surface area contributed by atoms with Gasteiger partial charge in [-0.25, -0.2) is 9.79 Å². The van der Waals surface area contributed by atoms with Gasteiger partial charge < -0.3 is 21.1 Å². The highest BCUT2D eigenvalue weighted by molar-refractivity contribution is 5.76. The predicted molar refractivity (Wildman–Crippen MR) is 110 cm³/mol. The van der Waals surface area contributed by atoms with Crippen LogP contribution >= 0.6 is 0 Å². The summed E-state index contributed by atoms with van der Waals surface area (Å²) in [5, 5.41) is 18.2. The van der Waals surface area contributed by atoms with Crippen LogP contribution in [0, 0.1) is 5.92 Å². The first-order chi connectivity index (χ1) is 15.0. The number of hydrogen-bond acceptors (Lipinski definition) is 8. The van der Waals surface area contributed by atoms with Crippen LogP contribution in [0.4, 0.5) is 5.95 Å². The van der Waals surface area contributed by atoms with E-state index in [9.17, 15) is 14.7 Å². The van der Waals surface area contributed by atoms with Crippen molar-refractivity contribution < 1.29 is 9.90 Å². The fraction of sp³-hybridized carbons (Fsp3) is 0.474. The summed E-state index contributed by atoms with van der Waals surface area (Å²) in [7, 11) is 0. The molecule has 0 bridgehead atoms. The number of rotatable bonds is 5. The van der Waals surface area contributed by atoms with E-state index in [0.717, 1.165) is 38.5 Å². The van der Waals surface area contributed by atoms with Crippen LogP contribution in [-0.2, 0) is 4.79 Å². The number of imidazole rings is 1. The normalized spacial score (nSPS) is 22.8. The minimum Gasteiger partial charge on any atom is -0.493 e. The second kappa shape index (κ2) is 7.52. The first kappa shape index (κ1) is 19.3. The standard InChI is InChI=1S/C19H23N9O3/c20-14(29)9-1-3-11(4-2-9)22-17-25-15-10(7-13-16(30)26-19(31)24-13)8-21-28(15)18(27-17)23-12-5-6-12/h7-9,11-12,30H,1-6H2,(H2,20,29)(H,22,23,27)(H2,24,26,31)/b10-7-. The minimum atomic E-state index is -0.506. The van der Waals surface area contributed by atoms with Crippen molar-refractivity contribution in [1.29, 1.82) is 0 Å². The van der Waals surface area contributed by atoms with Crippen LogP contribution in [0.3, 0.4) is 0 Å². The number of aromatic hydroxyl groups is 1. The lowest BCUT2D eigenvalue weighted by molar-refractivity contribution is -0.122. The summed E-state index contributed by atoms with van der Waals surface area (Å²) in [6, 6.07) is 0.367. The molecule has 3 heterocycles. The number of primary amides is 1. The lowest BCUT2D eigenvalue weighted by Crippen LogP contribution is -2.34. The van der Waals surface area contributed by atoms with E-state index in [-0.39, 0.29) is 35.5 Å². The van der Waals surface area contributed by atoms with Crippen molar-refractivity contribution in [3.63, 3.8) is 0 Å². The van der Waals surface area contributed by atoms with Crippen molar-refractivity contribution >= 4 is 23.6 Å². The van der Waals surface area contributed by atoms with Crippen molar-refractivity contribution in [2.75, 3.05) is 5.32 Å². The van der Waals surface area contributed by atoms with Gasteiger partial charge in [0.25, 0.3) is 5.62 Å². The number of fused-ring (bicyclic) bond motifs is 1. The Morgan fingerprint density at radius 3 is 2.65 bits per heavy atom. The first-order valence-electron chi connectivity index (χ1n) is 10.3. The molecule has 12 heteroatoms. The van der Waals surface area contributed by atoms with E-state index < -0.39 is 5.69 Å². The van der Waals surface area contributed by atoms with Crippen LogP contribution in [0.2, 0.25) is 0 Å². The Kier molecular flexibility index (Phi) is 4.68. The Bertz CT molecular complexity index is 1310. The lowest BCUT2D eigenvalue weighted by Gasteiger charge is -2.27. The smallest absolute Gasteiger partial charge is 0.326 e. The molecule has 2 saturated carbocycles. The number of carbonyl (C=O) groups is 1. The van der Waals surface area contributed by atoms with Gasteiger partial charge in [-0.05, 0) is 44.6 Å². The summed E-state index contributed by atoms with van der Waals surface area (Å²) in [5.41, 5.74) is 6.11. The average molecular weight is 425 g/mol. The second-order valence-electron chi connectivity index (χ2n) is 8.12. The van der Waals surface area contributed by atoms with Crippen LogP contribution in [0.1, 0.15) is 44.2 Å². The van der Waals surface area contributed by atoms with Crippen LogP contribution in [-0.4, -0.2) is 52.6 Å². The molecule has 1 amide bonds. The summed E-state index contributed by atoms with van der Waals surface area (Å²) in [5.74, 6) is -0.150. The molecule has 3 aromatic rings. The number of aromatic nitrogens is 6. The Morgan fingerprint density at radius 2 is 2.00 bits per heavy atom. The van der Waals surface area contributed by atoms with Gasteiger partial charge in [0.2, 0.25) is 17.7 Å². The van der Waals surface area contributed by atoms with Gasteiger partial charge in [0.05, 0.1) is 12.2 Å². The van der Waals surface area contributed by atoms with Crippen LogP contribution in [0.25, 0.3) is 11.7 Å². The van der Waals surface area contributed by atoms with E-state index in [0.29, 0.717) is 22.4 Å². The van der Waals surface area contributed by atoms with Crippen LogP contribution in [0.5, 0.6) is 5.88 Å². The molecule has 0 aromatic carbocycles. The van der Waals surface area contributed by atoms with E-state index in [2.05, 4.69) is 35.3 Å². The van der Waals surface area contributed by atoms with E-state index in [4.69, 9.17) is 5.73 Å². The quantitative estimate of drug-likeness (QED) is 0.344. The fourth-order valence-corrected chi connectivity index (χ4v) is 3.85. The minimum absolute atomic E-state index is 0.0749. The maximum absolute atomic E-state index is 11.4. The van der Waals surface area contributed by atoms with Crippen molar-refractivity contribution in [2.24, 2.45) is 16.6 Å². The predicted octanol–water partition coefficient (Wildman–Crippen LogP) is -1.09. The Balaban J connectivity index is 1.52. The molecule has 6 N–H and O–H groups in total. The molecule has 0 unspecified atom stereocenters. The number of nitrogens with zero attached hydrogens (tertiary/aromatic N) is 5. The molecule has 2 aliphatic carbocycles. The molecule has 2 fully saturated rings. The largest absolute Gasteiger partial charge is 0.493 e. The first-order valence-corrected chi connectivity index (χ1v) is 10.3. The van der Waals surface area contributed by atoms with Gasteiger partial charge in [0.1, 0.15) is 5.69 Å². The summed E-state index contributed by atoms with van der Waals surface area (Å²) in [6.07, 6.45) is 8.28. The molecule has 5 rings (SSSR count). The number of nitrogens with one attached hydrogen (secondary N) is 3. The van der Waals surface area contributed by atoms with Crippen molar-refractivity contribution in [3.8, 4) is 5.88 Å². The fourth-order valence-electron chi connectivity index (χ4n) is 3.85. The monoisotopic (exact) mass is 425 g/mol. The molecule has 3 aromatic heterocycles. The van der Waals surface area contributed by atoms with Crippen LogP contribution in [0.15, 0.2) is 16.0 Å². The van der Waals surface area contributed by atoms with Gasteiger partial charge >= 0.3 is 5.69 Å². The molecule has 0 saturated heterocycles. The number of aromatic amines is 2. The van der Waals surface area contributed by atoms with Gasteiger partial charge in [0.15, 0.2) is 5.65 Å². The molecule has 0 radical (unpaired) electrons. The maximum atomic E-state index is 11.4. The SMILES string of the molecule is NC(=O)C1CCC(Nc2nc(=NC3CC3)n3nc/c(=C/c4[nH]c(=O)[nH]c4O)c3n2)CC1. The van der Waals surface area contributed by atoms with E-state index in [1.54, 1.807) is 16.8 Å². The Hall–Kier alpha value is -3.70. The topological polar surface area (TPSA) is 179 Å². The molecule has 0 atom stereocenters. The van der Waals surface area contributed by atoms with Crippen molar-refractivity contribution in [1.82, 2.24) is 29.5 Å². The maximum Gasteiger partial charge on any atom is 0.326 e. The highest BCUT2D eigenvalue weighted by Crippen LogP contribution is 2.25. The van der Waals surface area contributed by atoms with E-state index >= 15 is 0 Å². The molecule has 162 valence electrons. The third-order valence-corrected chi connectivity index (χ3v) is 5.72. The van der Waals surface area contributed by atoms with Gasteiger partial charge in [-0.1, -0.05) is 0 Å². The lowest BCUT2D eigenvalue weighted by atomic mass is 9.86. The van der Waals surface area contributed by atoms with Crippen molar-refractivity contribution in [2.45, 2.75) is 50.6 Å². The highest BCUT2D eigenvalue weighted by atomic mass is 16.3. The molecular weight excluding hydrogens is 402 g/mol. The number of H-pyrrole nitrogens is 2. The van der Waals surface area contributed by atoms with Gasteiger partial charge in [-0.3, -0.25) is 9.78 Å². The number of carbonyl (C=O) groups excluding carboxylic acids is 1. The number of hydrogen-bond donors (Lipinski definition) is 5. The Labute approximate surface area is 175 Å². The van der Waals surface area contributed by atoms with Gasteiger partial charge in [-0.2, -0.15) is 19.6 Å². The molecule has 12 nitrogen and oxygen atoms in total. The summed E-state index contributed by atoms with van der Waals surface area (Å²) in [4.78, 5) is 41.5. The van der Waals surface area contributed by atoms with E-state index in [1.165, 1.54) is 0 Å². The number of anilines is 1. The van der Waals surface area contributed by atoms with Crippen molar-refractivity contribution in [3.05, 3.63) is 33.2 Å². The third-order valence-electron chi connectivity index (χ3n) is 5.72. The Morgan fingerprint density at radius 1 is 1.23 bits per heavy atom. The molecule has 0 aliphatic heterocycles. The number of amides is 1. The zero-order valence-electron chi connectivity index (χ0n) is 16.7. The summed E-state index contributed by atoms with van der Waals surface area (Å²) in [6.45, 7) is 0. The number of nitrogens with two attached hydrogens (primary N) is 1. The average Bonchev–Trinajstić information content (AvgIpc) is 3.37. The summed E-state index contributed by atoms with van der Waals surface area (Å²) >= 11 is 0. The summed E-state index contributed by atoms with van der Waals surface area (Å²) < 4.78 is 1.56. The van der Waals surface area contributed by atoms with Gasteiger partial charge in [0, 0.05) is 17.2 Å². The molecule has 2 aliphatic rings.